The predicted molar refractivity (Wildman–Crippen MR) is 117 cm³/mol. The van der Waals surface area contributed by atoms with Crippen LogP contribution in [0.25, 0.3) is 0 Å². The Labute approximate surface area is 180 Å². The summed E-state index contributed by atoms with van der Waals surface area (Å²) in [4.78, 5) is 24.0. The van der Waals surface area contributed by atoms with E-state index in [-0.39, 0.29) is 5.70 Å². The summed E-state index contributed by atoms with van der Waals surface area (Å²) in [5.74, 6) is -1.46. The van der Waals surface area contributed by atoms with Gasteiger partial charge in [0, 0.05) is 11.3 Å². The van der Waals surface area contributed by atoms with E-state index in [2.05, 4.69) is 10.1 Å². The van der Waals surface area contributed by atoms with Crippen molar-refractivity contribution in [3.8, 4) is 0 Å². The van der Waals surface area contributed by atoms with Gasteiger partial charge in [0.05, 0.1) is 20.3 Å². The summed E-state index contributed by atoms with van der Waals surface area (Å²) in [6, 6.07) is 25.4. The molecule has 0 saturated carbocycles. The molecule has 3 aromatic carbocycles. The molecule has 0 atom stereocenters. The predicted octanol–water partition coefficient (Wildman–Crippen LogP) is 3.61. The van der Waals surface area contributed by atoms with Gasteiger partial charge in [-0.2, -0.15) is 0 Å². The lowest BCUT2D eigenvalue weighted by Crippen LogP contribution is -2.30. The number of rotatable bonds is 7. The molecule has 0 amide bonds. The molecule has 0 aliphatic carbocycles. The number of esters is 2. The molecule has 31 heavy (non-hydrogen) atoms. The maximum absolute atomic E-state index is 12.2. The zero-order chi connectivity index (χ0) is 22.3. The zero-order valence-electron chi connectivity index (χ0n) is 17.2. The van der Waals surface area contributed by atoms with Gasteiger partial charge in [-0.25, -0.2) is 9.59 Å². The summed E-state index contributed by atoms with van der Waals surface area (Å²) in [5.41, 5.74) is 0.563. The van der Waals surface area contributed by atoms with Crippen LogP contribution in [-0.4, -0.2) is 31.3 Å². The van der Waals surface area contributed by atoms with Gasteiger partial charge in [-0.05, 0) is 17.2 Å². The van der Waals surface area contributed by atoms with E-state index in [0.717, 1.165) is 6.08 Å². The minimum absolute atomic E-state index is 0.120. The second kappa shape index (κ2) is 9.73. The van der Waals surface area contributed by atoms with Crippen LogP contribution in [0.1, 0.15) is 16.7 Å². The fraction of sp³-hybridized carbons (Fsp3) is 0.120. The standard InChI is InChI=1S/C25H23NO5/c1-30-23(27)17-22(24(28)31-2)26-21-16-10-9-15-20(21)25(29,18-11-5-3-6-12-18)19-13-7-4-8-14-19/h3-17,26,29H,1-2H3/b22-17+. The molecule has 3 rings (SSSR count). The average Bonchev–Trinajstić information content (AvgIpc) is 2.84. The summed E-state index contributed by atoms with van der Waals surface area (Å²) in [6.45, 7) is 0. The number of benzene rings is 3. The van der Waals surface area contributed by atoms with E-state index in [1.54, 1.807) is 24.3 Å². The number of hydrogen-bond acceptors (Lipinski definition) is 6. The Hall–Kier alpha value is -3.90. The molecule has 158 valence electrons. The maximum Gasteiger partial charge on any atom is 0.354 e. The van der Waals surface area contributed by atoms with Gasteiger partial charge in [-0.15, -0.1) is 0 Å². The Morgan fingerprint density at radius 3 is 1.84 bits per heavy atom. The largest absolute Gasteiger partial charge is 0.466 e. The van der Waals surface area contributed by atoms with Crippen LogP contribution in [0.15, 0.2) is 96.7 Å². The Morgan fingerprint density at radius 2 is 1.32 bits per heavy atom. The first kappa shape index (κ1) is 21.8. The topological polar surface area (TPSA) is 84.9 Å². The molecular formula is C25H23NO5. The molecular weight excluding hydrogens is 394 g/mol. The van der Waals surface area contributed by atoms with Crippen molar-refractivity contribution in [3.63, 3.8) is 0 Å². The summed E-state index contributed by atoms with van der Waals surface area (Å²) in [6.07, 6.45) is 1.01. The van der Waals surface area contributed by atoms with Crippen LogP contribution in [0, 0.1) is 0 Å². The number of nitrogens with one attached hydrogen (secondary N) is 1. The van der Waals surface area contributed by atoms with Crippen molar-refractivity contribution in [3.05, 3.63) is 113 Å². The minimum Gasteiger partial charge on any atom is -0.466 e. The fourth-order valence-electron chi connectivity index (χ4n) is 3.32. The molecule has 0 heterocycles. The molecule has 0 radical (unpaired) electrons. The van der Waals surface area contributed by atoms with Gasteiger partial charge in [0.15, 0.2) is 0 Å². The van der Waals surface area contributed by atoms with Gasteiger partial charge < -0.3 is 19.9 Å². The van der Waals surface area contributed by atoms with Crippen LogP contribution in [0.3, 0.4) is 0 Å². The van der Waals surface area contributed by atoms with Gasteiger partial charge in [0.25, 0.3) is 0 Å². The van der Waals surface area contributed by atoms with Gasteiger partial charge in [0.2, 0.25) is 0 Å². The second-order valence-electron chi connectivity index (χ2n) is 6.69. The van der Waals surface area contributed by atoms with Crippen LogP contribution < -0.4 is 5.32 Å². The third-order valence-corrected chi connectivity index (χ3v) is 4.84. The van der Waals surface area contributed by atoms with E-state index < -0.39 is 17.5 Å². The third-order valence-electron chi connectivity index (χ3n) is 4.84. The van der Waals surface area contributed by atoms with Gasteiger partial charge in [-0.1, -0.05) is 78.9 Å². The Balaban J connectivity index is 2.19. The smallest absolute Gasteiger partial charge is 0.354 e. The first-order chi connectivity index (χ1) is 15.0. The Bertz CT molecular complexity index is 1040. The van der Waals surface area contributed by atoms with E-state index >= 15 is 0 Å². The van der Waals surface area contributed by atoms with Gasteiger partial charge in [0.1, 0.15) is 11.3 Å². The Kier molecular flexibility index (Phi) is 6.85. The van der Waals surface area contributed by atoms with Gasteiger partial charge >= 0.3 is 11.9 Å². The number of aliphatic hydroxyl groups is 1. The highest BCUT2D eigenvalue weighted by atomic mass is 16.5. The SMILES string of the molecule is COC(=O)/C=C(/Nc1ccccc1C(O)(c1ccccc1)c1ccccc1)C(=O)OC. The lowest BCUT2D eigenvalue weighted by Gasteiger charge is -2.32. The number of carbonyl (C=O) groups excluding carboxylic acids is 2. The highest BCUT2D eigenvalue weighted by Gasteiger charge is 2.36. The van der Waals surface area contributed by atoms with Crippen LogP contribution in [-0.2, 0) is 24.7 Å². The van der Waals surface area contributed by atoms with Gasteiger partial charge in [-0.3, -0.25) is 0 Å². The normalized spacial score (nSPS) is 11.5. The molecule has 0 aliphatic rings. The molecule has 2 N–H and O–H groups in total. The van der Waals surface area contributed by atoms with Crippen molar-refractivity contribution in [2.45, 2.75) is 5.60 Å². The summed E-state index contributed by atoms with van der Waals surface area (Å²) < 4.78 is 9.42. The van der Waals surface area contributed by atoms with Crippen LogP contribution in [0.4, 0.5) is 5.69 Å². The molecule has 0 bridgehead atoms. The summed E-state index contributed by atoms with van der Waals surface area (Å²) in [7, 11) is 2.43. The van der Waals surface area contributed by atoms with E-state index in [0.29, 0.717) is 22.4 Å². The lowest BCUT2D eigenvalue weighted by atomic mass is 9.79. The number of hydrogen-bond donors (Lipinski definition) is 2. The van der Waals surface area contributed by atoms with E-state index in [4.69, 9.17) is 4.74 Å². The number of para-hydroxylation sites is 1. The lowest BCUT2D eigenvalue weighted by molar-refractivity contribution is -0.138. The molecule has 6 nitrogen and oxygen atoms in total. The summed E-state index contributed by atoms with van der Waals surface area (Å²) >= 11 is 0. The molecule has 0 spiro atoms. The van der Waals surface area contributed by atoms with Crippen molar-refractivity contribution in [2.24, 2.45) is 0 Å². The maximum atomic E-state index is 12.2. The van der Waals surface area contributed by atoms with Crippen molar-refractivity contribution in [2.75, 3.05) is 19.5 Å². The van der Waals surface area contributed by atoms with Crippen LogP contribution in [0.2, 0.25) is 0 Å². The van der Waals surface area contributed by atoms with Crippen LogP contribution in [0.5, 0.6) is 0 Å². The minimum atomic E-state index is -1.53. The molecule has 0 fully saturated rings. The summed E-state index contributed by atoms with van der Waals surface area (Å²) in [5, 5.41) is 15.0. The monoisotopic (exact) mass is 417 g/mol. The third kappa shape index (κ3) is 4.65. The van der Waals surface area contributed by atoms with E-state index in [9.17, 15) is 14.7 Å². The molecule has 0 unspecified atom stereocenters. The number of anilines is 1. The highest BCUT2D eigenvalue weighted by molar-refractivity contribution is 5.99. The molecule has 0 aromatic heterocycles. The fourth-order valence-corrected chi connectivity index (χ4v) is 3.32. The van der Waals surface area contributed by atoms with Crippen molar-refractivity contribution < 1.29 is 24.2 Å². The first-order valence-electron chi connectivity index (χ1n) is 9.58. The second-order valence-corrected chi connectivity index (χ2v) is 6.69. The number of carbonyl (C=O) groups is 2. The van der Waals surface area contributed by atoms with Crippen molar-refractivity contribution in [1.29, 1.82) is 0 Å². The zero-order valence-corrected chi connectivity index (χ0v) is 17.2. The number of ether oxygens (including phenoxy) is 2. The average molecular weight is 417 g/mol. The molecule has 0 aliphatic heterocycles. The molecule has 3 aromatic rings. The van der Waals surface area contributed by atoms with Crippen molar-refractivity contribution >= 4 is 17.6 Å². The first-order valence-corrected chi connectivity index (χ1v) is 9.58. The van der Waals surface area contributed by atoms with E-state index in [1.807, 2.05) is 60.7 Å². The quantitative estimate of drug-likeness (QED) is 0.347. The van der Waals surface area contributed by atoms with E-state index in [1.165, 1.54) is 14.2 Å². The highest BCUT2D eigenvalue weighted by Crippen LogP contribution is 2.40. The Morgan fingerprint density at radius 1 is 0.806 bits per heavy atom. The van der Waals surface area contributed by atoms with Crippen molar-refractivity contribution in [1.82, 2.24) is 0 Å². The number of methoxy groups -OCH3 is 2. The van der Waals surface area contributed by atoms with Crippen LogP contribution >= 0.6 is 0 Å². The molecule has 6 heteroatoms. The molecule has 0 saturated heterocycles.